The van der Waals surface area contributed by atoms with Gasteiger partial charge in [-0.15, -0.1) is 0 Å². The summed E-state index contributed by atoms with van der Waals surface area (Å²) in [6, 6.07) is 0. The molecule has 0 bridgehead atoms. The molecule has 0 amide bonds. The molecule has 1 aromatic heterocycles. The van der Waals surface area contributed by atoms with Crippen LogP contribution in [-0.2, 0) is 41.1 Å². The molecule has 1 aliphatic rings. The van der Waals surface area contributed by atoms with Gasteiger partial charge in [0.1, 0.15) is 42.4 Å². The molecular weight excluding hydrogens is 732 g/mol. The summed E-state index contributed by atoms with van der Waals surface area (Å²) in [5.41, 5.74) is -1.99. The zero-order valence-electron chi connectivity index (χ0n) is 23.4. The predicted molar refractivity (Wildman–Crippen MR) is 167 cm³/mol. The van der Waals surface area contributed by atoms with Crippen LogP contribution in [0.5, 0.6) is 0 Å². The molecule has 1 aliphatic heterocycles. The number of phosphoric acid groups is 3. The highest BCUT2D eigenvalue weighted by atomic mass is 33.1. The van der Waals surface area contributed by atoms with Crippen LogP contribution in [0, 0.1) is 11.8 Å². The lowest BCUT2D eigenvalue weighted by atomic mass is 10.1. The highest BCUT2D eigenvalue weighted by molar-refractivity contribution is 8.84. The van der Waals surface area contributed by atoms with Crippen molar-refractivity contribution in [2.24, 2.45) is 0 Å². The average molecular weight is 762 g/mol. The van der Waals surface area contributed by atoms with E-state index in [4.69, 9.17) is 24.0 Å². The van der Waals surface area contributed by atoms with E-state index in [1.807, 2.05) is 27.9 Å². The normalized spacial score (nSPS) is 23.5. The monoisotopic (exact) mass is 762 g/mol. The molecule has 6 N–H and O–H groups in total. The fraction of sp³-hybridized carbons (Fsp3) is 0.667. The Morgan fingerprint density at radius 2 is 1.77 bits per heavy atom. The highest BCUT2D eigenvalue weighted by Gasteiger charge is 2.48. The third kappa shape index (κ3) is 14.4. The molecule has 44 heavy (non-hydrogen) atoms. The number of ether oxygens (including phenoxy) is 3. The Morgan fingerprint density at radius 1 is 1.09 bits per heavy atom. The van der Waals surface area contributed by atoms with Gasteiger partial charge in [0.05, 0.1) is 6.61 Å². The first-order chi connectivity index (χ1) is 20.2. The molecule has 1 saturated heterocycles. The van der Waals surface area contributed by atoms with Crippen molar-refractivity contribution in [2.75, 3.05) is 25.1 Å². The standard InChI is InChI=1S/C18H30BN2O16P3S4/c1-18(2,3)43-41-10-33-14-12(8-34-39(28,29)37-40(30,31)36-38(25,26)27)35-16(13(14)22)21-7-11(15(23)20-17(21)24)5-4-6-32-9-42-44-19/h7,12-14,16,22H,6,8-10,19H2,1-3H3,(H,28,29)(H,30,31)(H,20,23,24)(H2,25,26,27). The number of hydrogen-bond donors (Lipinski definition) is 6. The van der Waals surface area contributed by atoms with Crippen LogP contribution in [-0.4, -0.2) is 89.5 Å². The van der Waals surface area contributed by atoms with Crippen molar-refractivity contribution >= 4 is 73.6 Å². The summed E-state index contributed by atoms with van der Waals surface area (Å²) in [5, 5.41) is 11.1. The Kier molecular flexibility index (Phi) is 15.9. The smallest absolute Gasteiger partial charge is 0.386 e. The zero-order valence-corrected chi connectivity index (χ0v) is 29.3. The number of nitrogens with zero attached hydrogens (tertiary/aromatic N) is 1. The Morgan fingerprint density at radius 3 is 2.39 bits per heavy atom. The second-order valence-corrected chi connectivity index (χ2v) is 19.3. The van der Waals surface area contributed by atoms with Gasteiger partial charge in [-0.05, 0) is 0 Å². The van der Waals surface area contributed by atoms with Crippen molar-refractivity contribution in [2.45, 2.75) is 50.1 Å². The van der Waals surface area contributed by atoms with Crippen LogP contribution in [0.1, 0.15) is 32.6 Å². The van der Waals surface area contributed by atoms with Gasteiger partial charge < -0.3 is 38.9 Å². The van der Waals surface area contributed by atoms with Gasteiger partial charge >= 0.3 is 29.2 Å². The first-order valence-corrected chi connectivity index (χ1v) is 21.4. The van der Waals surface area contributed by atoms with Gasteiger partial charge in [-0.2, -0.15) is 19.3 Å². The first kappa shape index (κ1) is 40.1. The molecule has 0 aromatic carbocycles. The lowest BCUT2D eigenvalue weighted by Crippen LogP contribution is -2.39. The van der Waals surface area contributed by atoms with Crippen molar-refractivity contribution in [3.8, 4) is 11.8 Å². The van der Waals surface area contributed by atoms with E-state index in [-0.39, 0.29) is 22.9 Å². The third-order valence-electron chi connectivity index (χ3n) is 4.63. The van der Waals surface area contributed by atoms with Gasteiger partial charge in [0, 0.05) is 10.9 Å². The van der Waals surface area contributed by atoms with Crippen LogP contribution in [0.25, 0.3) is 0 Å². The second-order valence-electron chi connectivity index (χ2n) is 9.27. The van der Waals surface area contributed by atoms with Crippen molar-refractivity contribution in [1.82, 2.24) is 9.55 Å². The number of H-pyrrole nitrogens is 1. The molecule has 2 heterocycles. The van der Waals surface area contributed by atoms with Crippen molar-refractivity contribution in [3.63, 3.8) is 0 Å². The largest absolute Gasteiger partial charge is 0.490 e. The predicted octanol–water partition coefficient (Wildman–Crippen LogP) is 0.916. The number of aliphatic hydroxyl groups is 1. The van der Waals surface area contributed by atoms with Gasteiger partial charge in [0.15, 0.2) is 13.4 Å². The minimum absolute atomic E-state index is 0.0164. The number of nitrogens with one attached hydrogen (secondary N) is 1. The van der Waals surface area contributed by atoms with E-state index in [1.54, 1.807) is 0 Å². The Labute approximate surface area is 267 Å². The molecule has 2 rings (SSSR count). The maximum Gasteiger partial charge on any atom is 0.490 e. The van der Waals surface area contributed by atoms with E-state index in [9.17, 15) is 38.2 Å². The Balaban J connectivity index is 2.28. The van der Waals surface area contributed by atoms with Crippen LogP contribution in [0.4, 0.5) is 0 Å². The van der Waals surface area contributed by atoms with E-state index in [0.717, 1.165) is 10.8 Å². The van der Waals surface area contributed by atoms with Gasteiger partial charge in [-0.25, -0.2) is 18.5 Å². The summed E-state index contributed by atoms with van der Waals surface area (Å²) in [6.45, 7) is 4.85. The van der Waals surface area contributed by atoms with Crippen molar-refractivity contribution < 1.29 is 65.7 Å². The number of rotatable bonds is 16. The van der Waals surface area contributed by atoms with Gasteiger partial charge in [0.25, 0.3) is 5.56 Å². The molecule has 18 nitrogen and oxygen atoms in total. The zero-order chi connectivity index (χ0) is 33.3. The minimum atomic E-state index is -5.79. The minimum Gasteiger partial charge on any atom is -0.386 e. The van der Waals surface area contributed by atoms with E-state index in [0.29, 0.717) is 5.94 Å². The third-order valence-corrected chi connectivity index (χ3v) is 12.9. The molecule has 1 fully saturated rings. The highest BCUT2D eigenvalue weighted by Crippen LogP contribution is 2.66. The molecule has 250 valence electrons. The van der Waals surface area contributed by atoms with Crippen LogP contribution in [0.3, 0.4) is 0 Å². The average Bonchev–Trinajstić information content (AvgIpc) is 3.16. The van der Waals surface area contributed by atoms with E-state index in [1.165, 1.54) is 43.0 Å². The number of aliphatic hydroxyl groups excluding tert-OH is 1. The fourth-order valence-electron chi connectivity index (χ4n) is 3.14. The molecule has 0 spiro atoms. The number of hydrogen-bond acceptors (Lipinski definition) is 16. The molecular formula is C18H30BN2O16P3S4. The maximum absolute atomic E-state index is 12.7. The van der Waals surface area contributed by atoms with Gasteiger partial charge in [-0.3, -0.25) is 18.9 Å². The van der Waals surface area contributed by atoms with Crippen LogP contribution >= 0.6 is 66.5 Å². The Bertz CT molecular complexity index is 1440. The Hall–Kier alpha value is -0.0451. The van der Waals surface area contributed by atoms with Gasteiger partial charge in [0.2, 0.25) is 0 Å². The maximum atomic E-state index is 12.7. The van der Waals surface area contributed by atoms with Crippen LogP contribution < -0.4 is 11.2 Å². The van der Waals surface area contributed by atoms with Crippen LogP contribution in [0.2, 0.25) is 0 Å². The number of aromatic amines is 1. The quantitative estimate of drug-likeness (QED) is 0.0341. The second kappa shape index (κ2) is 17.4. The molecule has 6 unspecified atom stereocenters. The summed E-state index contributed by atoms with van der Waals surface area (Å²) in [7, 11) is -9.46. The summed E-state index contributed by atoms with van der Waals surface area (Å²) < 4.78 is 64.2. The molecule has 0 radical (unpaired) electrons. The molecule has 0 aliphatic carbocycles. The van der Waals surface area contributed by atoms with Crippen molar-refractivity contribution in [1.29, 1.82) is 0 Å². The summed E-state index contributed by atoms with van der Waals surface area (Å²) >= 11 is 0. The molecule has 6 atom stereocenters. The first-order valence-electron chi connectivity index (χ1n) is 11.9. The number of aromatic nitrogens is 2. The SMILES string of the molecule is BSSCOCC#Cc1cn(C2OC(COP(=O)(O)OP(=O)(O)OP(=O)(O)O)C(OCSSC(C)(C)C)C2O)c(=O)[nH]c1=O. The summed E-state index contributed by atoms with van der Waals surface area (Å²) in [6.07, 6.45) is -4.92. The molecule has 26 heteroatoms. The lowest BCUT2D eigenvalue weighted by Gasteiger charge is -2.23. The van der Waals surface area contributed by atoms with Gasteiger partial charge in [-0.1, -0.05) is 65.0 Å². The number of phosphoric ester groups is 1. The van der Waals surface area contributed by atoms with E-state index >= 15 is 0 Å². The topological polar surface area (TPSA) is 263 Å². The summed E-state index contributed by atoms with van der Waals surface area (Å²) in [5.74, 6) is 5.49. The van der Waals surface area contributed by atoms with Crippen LogP contribution in [0.15, 0.2) is 15.8 Å². The lowest BCUT2D eigenvalue weighted by molar-refractivity contribution is -0.0567. The van der Waals surface area contributed by atoms with E-state index in [2.05, 4.69) is 30.0 Å². The molecule has 0 saturated carbocycles. The summed E-state index contributed by atoms with van der Waals surface area (Å²) in [4.78, 5) is 63.6. The fourth-order valence-corrected chi connectivity index (χ4v) is 8.89. The van der Waals surface area contributed by atoms with Crippen molar-refractivity contribution in [3.05, 3.63) is 32.6 Å². The molecule has 1 aromatic rings. The van der Waals surface area contributed by atoms with E-state index < -0.39 is 65.9 Å².